The molecule has 0 spiro atoms. The summed E-state index contributed by atoms with van der Waals surface area (Å²) in [7, 11) is 0. The maximum absolute atomic E-state index is 12.8. The fourth-order valence-corrected chi connectivity index (χ4v) is 2.28. The fourth-order valence-electron chi connectivity index (χ4n) is 1.59. The standard InChI is InChI=1S/C12H11F3N4OS/c1-6-4-17-9(2-7(6)12(13,14)15)19-11(20)8-5-18-10(3-16)21-8/h2,4-5H,3,16H2,1H3,(H,17,19,20). The van der Waals surface area contributed by atoms with E-state index in [1.54, 1.807) is 0 Å². The quantitative estimate of drug-likeness (QED) is 0.912. The van der Waals surface area contributed by atoms with Gasteiger partial charge in [-0.05, 0) is 18.6 Å². The van der Waals surface area contributed by atoms with Crippen LogP contribution in [0.4, 0.5) is 19.0 Å². The van der Waals surface area contributed by atoms with Gasteiger partial charge >= 0.3 is 6.18 Å². The number of alkyl halides is 3. The number of carbonyl (C=O) groups excluding carboxylic acids is 1. The van der Waals surface area contributed by atoms with Crippen molar-refractivity contribution in [3.8, 4) is 0 Å². The highest BCUT2D eigenvalue weighted by Gasteiger charge is 2.33. The third-order valence-corrected chi connectivity index (χ3v) is 3.62. The van der Waals surface area contributed by atoms with Crippen LogP contribution in [-0.4, -0.2) is 15.9 Å². The van der Waals surface area contributed by atoms with E-state index >= 15 is 0 Å². The van der Waals surface area contributed by atoms with Crippen LogP contribution in [0.2, 0.25) is 0 Å². The van der Waals surface area contributed by atoms with E-state index in [1.165, 1.54) is 13.1 Å². The number of nitrogens with one attached hydrogen (secondary N) is 1. The van der Waals surface area contributed by atoms with Crippen molar-refractivity contribution in [2.24, 2.45) is 5.73 Å². The maximum atomic E-state index is 12.8. The van der Waals surface area contributed by atoms with Crippen molar-refractivity contribution in [2.75, 3.05) is 5.32 Å². The Kier molecular flexibility index (Phi) is 4.24. The van der Waals surface area contributed by atoms with Crippen molar-refractivity contribution in [2.45, 2.75) is 19.6 Å². The second kappa shape index (κ2) is 5.78. The number of thiazole rings is 1. The SMILES string of the molecule is Cc1cnc(NC(=O)c2cnc(CN)s2)cc1C(F)(F)F. The molecule has 0 aliphatic carbocycles. The van der Waals surface area contributed by atoms with Gasteiger partial charge in [-0.25, -0.2) is 9.97 Å². The predicted octanol–water partition coefficient (Wildman–Crippen LogP) is 2.58. The first-order chi connectivity index (χ1) is 9.81. The van der Waals surface area contributed by atoms with Gasteiger partial charge in [-0.15, -0.1) is 11.3 Å². The Morgan fingerprint density at radius 3 is 2.67 bits per heavy atom. The summed E-state index contributed by atoms with van der Waals surface area (Å²) in [5, 5.41) is 2.88. The second-order valence-corrected chi connectivity index (χ2v) is 5.27. The van der Waals surface area contributed by atoms with Gasteiger partial charge in [-0.1, -0.05) is 0 Å². The minimum absolute atomic E-state index is 0.0105. The van der Waals surface area contributed by atoms with E-state index in [2.05, 4.69) is 15.3 Å². The molecule has 0 aromatic carbocycles. The molecule has 5 nitrogen and oxygen atoms in total. The summed E-state index contributed by atoms with van der Waals surface area (Å²) in [5.41, 5.74) is 4.54. The molecule has 1 amide bonds. The monoisotopic (exact) mass is 316 g/mol. The lowest BCUT2D eigenvalue weighted by molar-refractivity contribution is -0.138. The molecule has 2 aromatic rings. The minimum atomic E-state index is -4.50. The Hall–Kier alpha value is -2.00. The van der Waals surface area contributed by atoms with E-state index in [0.29, 0.717) is 5.01 Å². The van der Waals surface area contributed by atoms with Crippen molar-refractivity contribution in [3.63, 3.8) is 0 Å². The van der Waals surface area contributed by atoms with Gasteiger partial charge in [-0.3, -0.25) is 4.79 Å². The van der Waals surface area contributed by atoms with Crippen LogP contribution in [0.1, 0.15) is 25.8 Å². The van der Waals surface area contributed by atoms with E-state index in [9.17, 15) is 18.0 Å². The highest BCUT2D eigenvalue weighted by molar-refractivity contribution is 7.13. The second-order valence-electron chi connectivity index (χ2n) is 4.16. The Labute approximate surface area is 122 Å². The normalized spacial score (nSPS) is 11.5. The molecule has 0 atom stereocenters. The van der Waals surface area contributed by atoms with Crippen molar-refractivity contribution >= 4 is 23.1 Å². The van der Waals surface area contributed by atoms with Crippen LogP contribution in [0, 0.1) is 6.92 Å². The Bertz CT molecular complexity index is 669. The molecule has 0 saturated carbocycles. The van der Waals surface area contributed by atoms with Crippen molar-refractivity contribution < 1.29 is 18.0 Å². The summed E-state index contributed by atoms with van der Waals surface area (Å²) >= 11 is 1.07. The van der Waals surface area contributed by atoms with Gasteiger partial charge in [0, 0.05) is 12.7 Å². The third-order valence-electron chi connectivity index (χ3n) is 2.60. The number of hydrogen-bond acceptors (Lipinski definition) is 5. The highest BCUT2D eigenvalue weighted by Crippen LogP contribution is 2.32. The minimum Gasteiger partial charge on any atom is -0.325 e. The molecule has 0 radical (unpaired) electrons. The molecule has 0 fully saturated rings. The van der Waals surface area contributed by atoms with E-state index in [1.807, 2.05) is 0 Å². The van der Waals surface area contributed by atoms with E-state index in [4.69, 9.17) is 5.73 Å². The first-order valence-corrected chi connectivity index (χ1v) is 6.63. The summed E-state index contributed by atoms with van der Waals surface area (Å²) in [6.07, 6.45) is -2.11. The fraction of sp³-hybridized carbons (Fsp3) is 0.250. The van der Waals surface area contributed by atoms with Crippen molar-refractivity contribution in [3.05, 3.63) is 39.5 Å². The number of nitrogens with zero attached hydrogens (tertiary/aromatic N) is 2. The van der Waals surface area contributed by atoms with Gasteiger partial charge in [0.1, 0.15) is 15.7 Å². The molecule has 0 saturated heterocycles. The summed E-state index contributed by atoms with van der Waals surface area (Å²) in [4.78, 5) is 19.8. The van der Waals surface area contributed by atoms with Gasteiger partial charge in [-0.2, -0.15) is 13.2 Å². The van der Waals surface area contributed by atoms with Crippen LogP contribution in [0.25, 0.3) is 0 Å². The average Bonchev–Trinajstić information content (AvgIpc) is 2.88. The summed E-state index contributed by atoms with van der Waals surface area (Å²) in [6, 6.07) is 0.804. The molecular weight excluding hydrogens is 305 g/mol. The Morgan fingerprint density at radius 2 is 2.10 bits per heavy atom. The molecule has 9 heteroatoms. The maximum Gasteiger partial charge on any atom is 0.416 e. The number of rotatable bonds is 3. The van der Waals surface area contributed by atoms with Crippen molar-refractivity contribution in [1.82, 2.24) is 9.97 Å². The van der Waals surface area contributed by atoms with Crippen molar-refractivity contribution in [1.29, 1.82) is 0 Å². The lowest BCUT2D eigenvalue weighted by atomic mass is 10.1. The molecule has 0 aliphatic rings. The number of pyridine rings is 1. The molecule has 112 valence electrons. The number of aryl methyl sites for hydroxylation is 1. The molecular formula is C12H11F3N4OS. The molecule has 2 aromatic heterocycles. The Morgan fingerprint density at radius 1 is 1.38 bits per heavy atom. The highest BCUT2D eigenvalue weighted by atomic mass is 32.1. The number of nitrogens with two attached hydrogens (primary N) is 1. The largest absolute Gasteiger partial charge is 0.416 e. The van der Waals surface area contributed by atoms with E-state index in [0.717, 1.165) is 23.6 Å². The molecule has 2 heterocycles. The molecule has 2 rings (SSSR count). The lowest BCUT2D eigenvalue weighted by Gasteiger charge is -2.11. The third kappa shape index (κ3) is 3.56. The van der Waals surface area contributed by atoms with Crippen LogP contribution >= 0.6 is 11.3 Å². The van der Waals surface area contributed by atoms with E-state index in [-0.39, 0.29) is 22.8 Å². The zero-order valence-corrected chi connectivity index (χ0v) is 11.7. The first-order valence-electron chi connectivity index (χ1n) is 5.81. The topological polar surface area (TPSA) is 80.9 Å². The molecule has 3 N–H and O–H groups in total. The van der Waals surface area contributed by atoms with Crippen LogP contribution in [0.15, 0.2) is 18.5 Å². The van der Waals surface area contributed by atoms with Crippen LogP contribution in [0.5, 0.6) is 0 Å². The number of amides is 1. The first kappa shape index (κ1) is 15.4. The zero-order valence-electron chi connectivity index (χ0n) is 10.9. The number of hydrogen-bond donors (Lipinski definition) is 2. The summed E-state index contributed by atoms with van der Waals surface area (Å²) in [6.45, 7) is 1.50. The number of aromatic nitrogens is 2. The van der Waals surface area contributed by atoms with Crippen LogP contribution < -0.4 is 11.1 Å². The van der Waals surface area contributed by atoms with E-state index < -0.39 is 17.6 Å². The summed E-state index contributed by atoms with van der Waals surface area (Å²) in [5.74, 6) is -0.739. The van der Waals surface area contributed by atoms with Gasteiger partial charge in [0.2, 0.25) is 0 Å². The zero-order chi connectivity index (χ0) is 15.6. The molecule has 0 bridgehead atoms. The number of anilines is 1. The smallest absolute Gasteiger partial charge is 0.325 e. The Balaban J connectivity index is 2.21. The summed E-state index contributed by atoms with van der Waals surface area (Å²) < 4.78 is 38.3. The van der Waals surface area contributed by atoms with Gasteiger partial charge in [0.05, 0.1) is 11.8 Å². The number of halogens is 3. The van der Waals surface area contributed by atoms with Gasteiger partial charge in [0.15, 0.2) is 0 Å². The van der Waals surface area contributed by atoms with Crippen LogP contribution in [-0.2, 0) is 12.7 Å². The van der Waals surface area contributed by atoms with Gasteiger partial charge in [0.25, 0.3) is 5.91 Å². The van der Waals surface area contributed by atoms with Crippen LogP contribution in [0.3, 0.4) is 0 Å². The average molecular weight is 316 g/mol. The molecule has 0 unspecified atom stereocenters. The predicted molar refractivity (Wildman–Crippen MR) is 71.9 cm³/mol. The molecule has 0 aliphatic heterocycles. The molecule has 21 heavy (non-hydrogen) atoms. The number of carbonyl (C=O) groups is 1. The lowest BCUT2D eigenvalue weighted by Crippen LogP contribution is -2.14. The van der Waals surface area contributed by atoms with Gasteiger partial charge < -0.3 is 11.1 Å².